The molecule has 1 heterocycles. The first-order valence-electron chi connectivity index (χ1n) is 5.78. The number of para-hydroxylation sites is 1. The summed E-state index contributed by atoms with van der Waals surface area (Å²) < 4.78 is 4.78. The Bertz CT molecular complexity index is 408. The van der Waals surface area contributed by atoms with Crippen LogP contribution in [-0.2, 0) is 4.74 Å². The highest BCUT2D eigenvalue weighted by molar-refractivity contribution is 8.00. The Kier molecular flexibility index (Phi) is 3.94. The SMILES string of the molecule is COC(=O)c1ccccc1NC1CCSC1C. The third-order valence-electron chi connectivity index (χ3n) is 3.05. The van der Waals surface area contributed by atoms with Crippen molar-refractivity contribution in [2.75, 3.05) is 18.2 Å². The molecule has 1 aromatic carbocycles. The Hall–Kier alpha value is -1.16. The van der Waals surface area contributed by atoms with Crippen LogP contribution in [0.3, 0.4) is 0 Å². The highest BCUT2D eigenvalue weighted by atomic mass is 32.2. The zero-order chi connectivity index (χ0) is 12.3. The van der Waals surface area contributed by atoms with Gasteiger partial charge in [-0.05, 0) is 24.3 Å². The second-order valence-electron chi connectivity index (χ2n) is 4.15. The third-order valence-corrected chi connectivity index (χ3v) is 4.38. The van der Waals surface area contributed by atoms with Gasteiger partial charge < -0.3 is 10.1 Å². The molecule has 1 saturated heterocycles. The maximum atomic E-state index is 11.6. The number of rotatable bonds is 3. The van der Waals surface area contributed by atoms with Crippen LogP contribution in [0.2, 0.25) is 0 Å². The molecule has 92 valence electrons. The molecule has 2 unspecified atom stereocenters. The molecule has 1 fully saturated rings. The van der Waals surface area contributed by atoms with Gasteiger partial charge in [0.15, 0.2) is 0 Å². The molecule has 0 aliphatic carbocycles. The van der Waals surface area contributed by atoms with E-state index in [1.165, 1.54) is 12.9 Å². The second-order valence-corrected chi connectivity index (χ2v) is 5.64. The van der Waals surface area contributed by atoms with E-state index < -0.39 is 0 Å². The summed E-state index contributed by atoms with van der Waals surface area (Å²) in [6.07, 6.45) is 1.14. The molecular formula is C13H17NO2S. The minimum atomic E-state index is -0.286. The lowest BCUT2D eigenvalue weighted by atomic mass is 10.1. The fourth-order valence-corrected chi connectivity index (χ4v) is 3.22. The quantitative estimate of drug-likeness (QED) is 0.838. The molecule has 2 atom stereocenters. The molecule has 0 aromatic heterocycles. The number of carbonyl (C=O) groups is 1. The van der Waals surface area contributed by atoms with Gasteiger partial charge in [0.25, 0.3) is 0 Å². The van der Waals surface area contributed by atoms with Crippen LogP contribution in [0.1, 0.15) is 23.7 Å². The van der Waals surface area contributed by atoms with Crippen molar-refractivity contribution in [2.45, 2.75) is 24.6 Å². The van der Waals surface area contributed by atoms with Crippen LogP contribution in [0.5, 0.6) is 0 Å². The molecule has 1 aromatic rings. The molecule has 3 nitrogen and oxygen atoms in total. The van der Waals surface area contributed by atoms with Gasteiger partial charge in [-0.15, -0.1) is 0 Å². The maximum absolute atomic E-state index is 11.6. The molecular weight excluding hydrogens is 234 g/mol. The van der Waals surface area contributed by atoms with Crippen molar-refractivity contribution >= 4 is 23.4 Å². The summed E-state index contributed by atoms with van der Waals surface area (Å²) in [6.45, 7) is 2.22. The number of esters is 1. The standard InChI is InChI=1S/C13H17NO2S/c1-9-11(7-8-17-9)14-12-6-4-3-5-10(12)13(15)16-2/h3-6,9,11,14H,7-8H2,1-2H3. The molecule has 17 heavy (non-hydrogen) atoms. The lowest BCUT2D eigenvalue weighted by Gasteiger charge is -2.19. The lowest BCUT2D eigenvalue weighted by molar-refractivity contribution is 0.0602. The lowest BCUT2D eigenvalue weighted by Crippen LogP contribution is -2.25. The number of methoxy groups -OCH3 is 1. The van der Waals surface area contributed by atoms with Gasteiger partial charge in [0.05, 0.1) is 12.7 Å². The minimum absolute atomic E-state index is 0.286. The Balaban J connectivity index is 2.17. The van der Waals surface area contributed by atoms with E-state index in [2.05, 4.69) is 12.2 Å². The van der Waals surface area contributed by atoms with Crippen LogP contribution in [0.25, 0.3) is 0 Å². The Morgan fingerprint density at radius 1 is 1.47 bits per heavy atom. The Morgan fingerprint density at radius 3 is 2.88 bits per heavy atom. The van der Waals surface area contributed by atoms with Crippen molar-refractivity contribution in [1.29, 1.82) is 0 Å². The molecule has 1 N–H and O–H groups in total. The molecule has 2 rings (SSSR count). The molecule has 0 saturated carbocycles. The summed E-state index contributed by atoms with van der Waals surface area (Å²) in [7, 11) is 1.41. The Labute approximate surface area is 106 Å². The monoisotopic (exact) mass is 251 g/mol. The zero-order valence-corrected chi connectivity index (χ0v) is 10.9. The highest BCUT2D eigenvalue weighted by Gasteiger charge is 2.25. The predicted octanol–water partition coefficient (Wildman–Crippen LogP) is 2.78. The summed E-state index contributed by atoms with van der Waals surface area (Å²) >= 11 is 1.97. The zero-order valence-electron chi connectivity index (χ0n) is 10.1. The molecule has 0 spiro atoms. The van der Waals surface area contributed by atoms with E-state index in [0.29, 0.717) is 16.9 Å². The van der Waals surface area contributed by atoms with Crippen LogP contribution >= 0.6 is 11.8 Å². The van der Waals surface area contributed by atoms with E-state index in [9.17, 15) is 4.79 Å². The van der Waals surface area contributed by atoms with Gasteiger partial charge in [-0.3, -0.25) is 0 Å². The number of carbonyl (C=O) groups excluding carboxylic acids is 1. The second kappa shape index (κ2) is 5.45. The largest absolute Gasteiger partial charge is 0.465 e. The predicted molar refractivity (Wildman–Crippen MR) is 71.7 cm³/mol. The van der Waals surface area contributed by atoms with Gasteiger partial charge in [-0.2, -0.15) is 11.8 Å². The average molecular weight is 251 g/mol. The van der Waals surface area contributed by atoms with Crippen molar-refractivity contribution in [3.05, 3.63) is 29.8 Å². The van der Waals surface area contributed by atoms with Crippen LogP contribution in [-0.4, -0.2) is 30.1 Å². The summed E-state index contributed by atoms with van der Waals surface area (Å²) in [4.78, 5) is 11.6. The average Bonchev–Trinajstić information content (AvgIpc) is 2.75. The minimum Gasteiger partial charge on any atom is -0.465 e. The van der Waals surface area contributed by atoms with Crippen molar-refractivity contribution in [2.24, 2.45) is 0 Å². The molecule has 1 aliphatic rings. The summed E-state index contributed by atoms with van der Waals surface area (Å²) in [5.41, 5.74) is 1.48. The van der Waals surface area contributed by atoms with Crippen molar-refractivity contribution in [1.82, 2.24) is 0 Å². The number of hydrogen-bond donors (Lipinski definition) is 1. The summed E-state index contributed by atoms with van der Waals surface area (Å²) in [6, 6.07) is 7.94. The Morgan fingerprint density at radius 2 is 2.24 bits per heavy atom. The number of hydrogen-bond acceptors (Lipinski definition) is 4. The van der Waals surface area contributed by atoms with Crippen LogP contribution < -0.4 is 5.32 Å². The van der Waals surface area contributed by atoms with Gasteiger partial charge in [0.1, 0.15) is 0 Å². The molecule has 4 heteroatoms. The first-order chi connectivity index (χ1) is 8.22. The topological polar surface area (TPSA) is 38.3 Å². The summed E-state index contributed by atoms with van der Waals surface area (Å²) in [5, 5.41) is 4.04. The van der Waals surface area contributed by atoms with Gasteiger partial charge in [-0.25, -0.2) is 4.79 Å². The van der Waals surface area contributed by atoms with Gasteiger partial charge in [0.2, 0.25) is 0 Å². The number of nitrogens with one attached hydrogen (secondary N) is 1. The van der Waals surface area contributed by atoms with Crippen molar-refractivity contribution in [3.8, 4) is 0 Å². The number of anilines is 1. The number of ether oxygens (including phenoxy) is 1. The summed E-state index contributed by atoms with van der Waals surface area (Å²) in [5.74, 6) is 0.894. The van der Waals surface area contributed by atoms with Crippen molar-refractivity contribution in [3.63, 3.8) is 0 Å². The van der Waals surface area contributed by atoms with Gasteiger partial charge in [0, 0.05) is 17.0 Å². The van der Waals surface area contributed by atoms with E-state index >= 15 is 0 Å². The van der Waals surface area contributed by atoms with E-state index in [4.69, 9.17) is 4.74 Å². The van der Waals surface area contributed by atoms with Crippen LogP contribution in [0, 0.1) is 0 Å². The van der Waals surface area contributed by atoms with E-state index in [-0.39, 0.29) is 5.97 Å². The fraction of sp³-hybridized carbons (Fsp3) is 0.462. The molecule has 0 radical (unpaired) electrons. The normalized spacial score (nSPS) is 23.4. The van der Waals surface area contributed by atoms with E-state index in [1.54, 1.807) is 6.07 Å². The first kappa shape index (κ1) is 12.3. The third kappa shape index (κ3) is 2.75. The van der Waals surface area contributed by atoms with Gasteiger partial charge >= 0.3 is 5.97 Å². The fourth-order valence-electron chi connectivity index (χ4n) is 2.02. The van der Waals surface area contributed by atoms with Crippen LogP contribution in [0.4, 0.5) is 5.69 Å². The highest BCUT2D eigenvalue weighted by Crippen LogP contribution is 2.29. The first-order valence-corrected chi connectivity index (χ1v) is 6.82. The number of benzene rings is 1. The van der Waals surface area contributed by atoms with Crippen LogP contribution in [0.15, 0.2) is 24.3 Å². The smallest absolute Gasteiger partial charge is 0.339 e. The number of thioether (sulfide) groups is 1. The maximum Gasteiger partial charge on any atom is 0.339 e. The molecule has 0 bridgehead atoms. The van der Waals surface area contributed by atoms with Crippen molar-refractivity contribution < 1.29 is 9.53 Å². The van der Waals surface area contributed by atoms with E-state index in [0.717, 1.165) is 12.1 Å². The molecule has 0 amide bonds. The van der Waals surface area contributed by atoms with E-state index in [1.807, 2.05) is 30.0 Å². The van der Waals surface area contributed by atoms with Gasteiger partial charge in [-0.1, -0.05) is 19.1 Å². The molecule has 1 aliphatic heterocycles.